The van der Waals surface area contributed by atoms with E-state index in [1.54, 1.807) is 0 Å². The number of benzene rings is 2. The quantitative estimate of drug-likeness (QED) is 0.499. The first-order valence-corrected chi connectivity index (χ1v) is 10.0. The summed E-state index contributed by atoms with van der Waals surface area (Å²) in [6, 6.07) is 6.53. The molecular formula is C23H21F2NO7. The lowest BCUT2D eigenvalue weighted by Crippen LogP contribution is -2.41. The summed E-state index contributed by atoms with van der Waals surface area (Å²) in [5.74, 6) is -4.97. The third kappa shape index (κ3) is 5.51. The van der Waals surface area contributed by atoms with E-state index in [1.807, 2.05) is 0 Å². The summed E-state index contributed by atoms with van der Waals surface area (Å²) >= 11 is 0. The molecule has 2 aromatic carbocycles. The molecule has 0 bridgehead atoms. The number of ether oxygens (including phenoxy) is 3. The number of nitrogens with zero attached hydrogens (tertiary/aromatic N) is 1. The summed E-state index contributed by atoms with van der Waals surface area (Å²) < 4.78 is 41.7. The monoisotopic (exact) mass is 461 g/mol. The first kappa shape index (κ1) is 23.8. The maximum atomic E-state index is 13.9. The summed E-state index contributed by atoms with van der Waals surface area (Å²) in [4.78, 5) is 50.3. The summed E-state index contributed by atoms with van der Waals surface area (Å²) in [7, 11) is 2.34. The highest BCUT2D eigenvalue weighted by atomic mass is 19.1. The Kier molecular flexibility index (Phi) is 7.37. The molecule has 0 radical (unpaired) electrons. The van der Waals surface area contributed by atoms with Crippen molar-refractivity contribution in [3.63, 3.8) is 0 Å². The van der Waals surface area contributed by atoms with Crippen LogP contribution in [-0.2, 0) is 14.3 Å². The third-order valence-electron chi connectivity index (χ3n) is 5.24. The SMILES string of the molecule is COC(=O)c1cc(OC(=O)C2CCN(C(=O)c3ccc(F)cc3F)CC2)cc(C(=O)OC)c1. The molecule has 2 aromatic rings. The van der Waals surface area contributed by atoms with Gasteiger partial charge in [0.2, 0.25) is 0 Å². The van der Waals surface area contributed by atoms with E-state index in [9.17, 15) is 28.0 Å². The van der Waals surface area contributed by atoms with Crippen LogP contribution in [0.25, 0.3) is 0 Å². The fraction of sp³-hybridized carbons (Fsp3) is 0.304. The highest BCUT2D eigenvalue weighted by Gasteiger charge is 2.30. The van der Waals surface area contributed by atoms with Gasteiger partial charge in [0, 0.05) is 19.2 Å². The van der Waals surface area contributed by atoms with E-state index >= 15 is 0 Å². The molecule has 1 heterocycles. The average molecular weight is 461 g/mol. The minimum absolute atomic E-state index is 0.00457. The Morgan fingerprint density at radius 2 is 1.45 bits per heavy atom. The smallest absolute Gasteiger partial charge is 0.338 e. The van der Waals surface area contributed by atoms with Crippen molar-refractivity contribution in [3.8, 4) is 5.75 Å². The van der Waals surface area contributed by atoms with Gasteiger partial charge in [-0.3, -0.25) is 9.59 Å². The predicted molar refractivity (Wildman–Crippen MR) is 110 cm³/mol. The molecule has 33 heavy (non-hydrogen) atoms. The molecule has 0 atom stereocenters. The predicted octanol–water partition coefficient (Wildman–Crippen LogP) is 3.00. The largest absolute Gasteiger partial charge is 0.465 e. The number of piperidine rings is 1. The molecule has 1 amide bonds. The van der Waals surface area contributed by atoms with Crippen LogP contribution in [0.2, 0.25) is 0 Å². The number of likely N-dealkylation sites (tertiary alicyclic amines) is 1. The topological polar surface area (TPSA) is 99.2 Å². The van der Waals surface area contributed by atoms with Gasteiger partial charge in [0.05, 0.1) is 36.8 Å². The van der Waals surface area contributed by atoms with Crippen LogP contribution in [0.3, 0.4) is 0 Å². The maximum absolute atomic E-state index is 13.9. The Morgan fingerprint density at radius 1 is 0.879 bits per heavy atom. The summed E-state index contributed by atoms with van der Waals surface area (Å²) in [5, 5.41) is 0. The van der Waals surface area contributed by atoms with Gasteiger partial charge in [-0.25, -0.2) is 18.4 Å². The number of carbonyl (C=O) groups is 4. The number of amides is 1. The van der Waals surface area contributed by atoms with Crippen LogP contribution in [0.1, 0.15) is 43.9 Å². The Hall–Kier alpha value is -3.82. The van der Waals surface area contributed by atoms with Crippen LogP contribution in [0.15, 0.2) is 36.4 Å². The van der Waals surface area contributed by atoms with Crippen molar-refractivity contribution < 1.29 is 42.2 Å². The van der Waals surface area contributed by atoms with E-state index in [0.717, 1.165) is 12.1 Å². The zero-order chi connectivity index (χ0) is 24.1. The molecule has 1 aliphatic heterocycles. The zero-order valence-corrected chi connectivity index (χ0v) is 17.9. The Morgan fingerprint density at radius 3 is 1.97 bits per heavy atom. The molecule has 1 aliphatic rings. The van der Waals surface area contributed by atoms with Crippen molar-refractivity contribution in [1.82, 2.24) is 4.90 Å². The number of carbonyl (C=O) groups excluding carboxylic acids is 4. The van der Waals surface area contributed by atoms with E-state index in [2.05, 4.69) is 9.47 Å². The Bertz CT molecular complexity index is 1060. The number of halogens is 2. The van der Waals surface area contributed by atoms with Gasteiger partial charge < -0.3 is 19.1 Å². The van der Waals surface area contributed by atoms with Gasteiger partial charge in [-0.2, -0.15) is 0 Å². The number of rotatable bonds is 5. The molecule has 174 valence electrons. The fourth-order valence-electron chi connectivity index (χ4n) is 3.48. The molecule has 1 fully saturated rings. The van der Waals surface area contributed by atoms with Crippen molar-refractivity contribution >= 4 is 23.8 Å². The van der Waals surface area contributed by atoms with E-state index in [1.165, 1.54) is 37.3 Å². The fourth-order valence-corrected chi connectivity index (χ4v) is 3.48. The standard InChI is InChI=1S/C23H21F2NO7/c1-31-21(28)14-9-15(22(29)32-2)11-17(10-14)33-23(30)13-5-7-26(8-6-13)20(27)18-4-3-16(24)12-19(18)25/h3-4,9-13H,5-8H2,1-2H3. The molecule has 8 nitrogen and oxygen atoms in total. The van der Waals surface area contributed by atoms with Gasteiger partial charge in [-0.1, -0.05) is 0 Å². The molecular weight excluding hydrogens is 440 g/mol. The molecule has 3 rings (SSSR count). The second-order valence-corrected chi connectivity index (χ2v) is 7.34. The molecule has 0 saturated carbocycles. The molecule has 10 heteroatoms. The Labute approximate surface area is 188 Å². The number of hydrogen-bond donors (Lipinski definition) is 0. The number of esters is 3. The van der Waals surface area contributed by atoms with Crippen LogP contribution < -0.4 is 4.74 Å². The first-order chi connectivity index (χ1) is 15.7. The van der Waals surface area contributed by atoms with Crippen molar-refractivity contribution in [3.05, 3.63) is 64.7 Å². The molecule has 0 aromatic heterocycles. The highest BCUT2D eigenvalue weighted by Crippen LogP contribution is 2.25. The van der Waals surface area contributed by atoms with Gasteiger partial charge in [0.25, 0.3) is 5.91 Å². The lowest BCUT2D eigenvalue weighted by Gasteiger charge is -2.31. The normalized spacial score (nSPS) is 13.9. The molecule has 0 aliphatic carbocycles. The second kappa shape index (κ2) is 10.2. The number of hydrogen-bond acceptors (Lipinski definition) is 7. The Balaban J connectivity index is 1.67. The average Bonchev–Trinajstić information content (AvgIpc) is 2.82. The van der Waals surface area contributed by atoms with Crippen molar-refractivity contribution in [2.45, 2.75) is 12.8 Å². The van der Waals surface area contributed by atoms with E-state index in [-0.39, 0.29) is 48.4 Å². The zero-order valence-electron chi connectivity index (χ0n) is 17.9. The second-order valence-electron chi connectivity index (χ2n) is 7.34. The van der Waals surface area contributed by atoms with E-state index < -0.39 is 41.4 Å². The van der Waals surface area contributed by atoms with Crippen LogP contribution in [0, 0.1) is 17.6 Å². The maximum Gasteiger partial charge on any atom is 0.338 e. The molecule has 0 N–H and O–H groups in total. The summed E-state index contributed by atoms with van der Waals surface area (Å²) in [6.07, 6.45) is 0.516. The van der Waals surface area contributed by atoms with Gasteiger partial charge in [0.1, 0.15) is 17.4 Å². The van der Waals surface area contributed by atoms with Gasteiger partial charge in [-0.05, 0) is 43.2 Å². The van der Waals surface area contributed by atoms with Crippen molar-refractivity contribution in [2.75, 3.05) is 27.3 Å². The lowest BCUT2D eigenvalue weighted by molar-refractivity contribution is -0.140. The number of methoxy groups -OCH3 is 2. The van der Waals surface area contributed by atoms with Crippen molar-refractivity contribution in [1.29, 1.82) is 0 Å². The van der Waals surface area contributed by atoms with Crippen molar-refractivity contribution in [2.24, 2.45) is 5.92 Å². The summed E-state index contributed by atoms with van der Waals surface area (Å²) in [5.41, 5.74) is -0.234. The van der Waals surface area contributed by atoms with Crippen LogP contribution in [0.5, 0.6) is 5.75 Å². The molecule has 0 spiro atoms. The van der Waals surface area contributed by atoms with Crippen LogP contribution >= 0.6 is 0 Å². The van der Waals surface area contributed by atoms with Gasteiger partial charge >= 0.3 is 17.9 Å². The minimum atomic E-state index is -0.951. The van der Waals surface area contributed by atoms with Gasteiger partial charge in [0.15, 0.2) is 0 Å². The van der Waals surface area contributed by atoms with Crippen LogP contribution in [-0.4, -0.2) is 56.0 Å². The van der Waals surface area contributed by atoms with Gasteiger partial charge in [-0.15, -0.1) is 0 Å². The molecule has 1 saturated heterocycles. The van der Waals surface area contributed by atoms with E-state index in [4.69, 9.17) is 4.74 Å². The molecule has 0 unspecified atom stereocenters. The van der Waals surface area contributed by atoms with E-state index in [0.29, 0.717) is 6.07 Å². The first-order valence-electron chi connectivity index (χ1n) is 10.0. The third-order valence-corrected chi connectivity index (χ3v) is 5.24. The highest BCUT2D eigenvalue weighted by molar-refractivity contribution is 5.96. The lowest BCUT2D eigenvalue weighted by atomic mass is 9.96. The minimum Gasteiger partial charge on any atom is -0.465 e. The summed E-state index contributed by atoms with van der Waals surface area (Å²) in [6.45, 7) is 0.343. The van der Waals surface area contributed by atoms with Crippen LogP contribution in [0.4, 0.5) is 8.78 Å².